The van der Waals surface area contributed by atoms with E-state index in [-0.39, 0.29) is 6.10 Å². The standard InChI is InChI=1S/C20H20ClN3OS/c1-13(2)25-18-10-9-15(11-17(18)21)12-22-24-20-23-19(14(3)26-20)16-7-5-4-6-8-16/h4-13H,1-3H3,(H,23,24)/b22-12-. The van der Waals surface area contributed by atoms with E-state index < -0.39 is 0 Å². The summed E-state index contributed by atoms with van der Waals surface area (Å²) < 4.78 is 5.63. The number of halogens is 1. The van der Waals surface area contributed by atoms with Crippen molar-refractivity contribution in [2.75, 3.05) is 5.43 Å². The van der Waals surface area contributed by atoms with E-state index in [4.69, 9.17) is 16.3 Å². The lowest BCUT2D eigenvalue weighted by molar-refractivity contribution is 0.242. The molecule has 0 bridgehead atoms. The first-order valence-corrected chi connectivity index (χ1v) is 9.50. The van der Waals surface area contributed by atoms with Gasteiger partial charge in [-0.15, -0.1) is 11.3 Å². The molecule has 1 aromatic heterocycles. The van der Waals surface area contributed by atoms with Crippen LogP contribution in [0.3, 0.4) is 0 Å². The van der Waals surface area contributed by atoms with Crippen molar-refractivity contribution in [2.24, 2.45) is 5.10 Å². The van der Waals surface area contributed by atoms with Crippen LogP contribution >= 0.6 is 22.9 Å². The predicted molar refractivity (Wildman–Crippen MR) is 111 cm³/mol. The molecule has 134 valence electrons. The molecule has 3 rings (SSSR count). The second-order valence-corrected chi connectivity index (χ2v) is 7.63. The molecule has 0 saturated carbocycles. The van der Waals surface area contributed by atoms with Gasteiger partial charge in [0.25, 0.3) is 0 Å². The summed E-state index contributed by atoms with van der Waals surface area (Å²) in [6.45, 7) is 5.99. The fourth-order valence-electron chi connectivity index (χ4n) is 2.42. The lowest BCUT2D eigenvalue weighted by Gasteiger charge is -2.11. The van der Waals surface area contributed by atoms with Gasteiger partial charge >= 0.3 is 0 Å². The van der Waals surface area contributed by atoms with Gasteiger partial charge in [0.15, 0.2) is 0 Å². The average Bonchev–Trinajstić information content (AvgIpc) is 2.98. The first-order chi connectivity index (χ1) is 12.5. The maximum absolute atomic E-state index is 6.24. The van der Waals surface area contributed by atoms with E-state index in [0.717, 1.165) is 26.8 Å². The Hall–Kier alpha value is -2.37. The molecule has 1 N–H and O–H groups in total. The summed E-state index contributed by atoms with van der Waals surface area (Å²) in [6.07, 6.45) is 1.80. The van der Waals surface area contributed by atoms with Gasteiger partial charge in [0.2, 0.25) is 5.13 Å². The quantitative estimate of drug-likeness (QED) is 0.417. The van der Waals surface area contributed by atoms with E-state index in [9.17, 15) is 0 Å². The second-order valence-electron chi connectivity index (χ2n) is 6.02. The molecule has 6 heteroatoms. The van der Waals surface area contributed by atoms with E-state index in [1.165, 1.54) is 0 Å². The van der Waals surface area contributed by atoms with Crippen LogP contribution in [0.15, 0.2) is 53.6 Å². The lowest BCUT2D eigenvalue weighted by atomic mass is 10.1. The highest BCUT2D eigenvalue weighted by Gasteiger charge is 2.09. The number of anilines is 1. The average molecular weight is 386 g/mol. The highest BCUT2D eigenvalue weighted by atomic mass is 35.5. The van der Waals surface area contributed by atoms with Crippen molar-refractivity contribution >= 4 is 34.3 Å². The van der Waals surface area contributed by atoms with Crippen LogP contribution in [0.1, 0.15) is 24.3 Å². The van der Waals surface area contributed by atoms with E-state index in [0.29, 0.717) is 10.8 Å². The summed E-state index contributed by atoms with van der Waals surface area (Å²) in [7, 11) is 0. The van der Waals surface area contributed by atoms with Crippen molar-refractivity contribution < 1.29 is 4.74 Å². The minimum absolute atomic E-state index is 0.0839. The van der Waals surface area contributed by atoms with Gasteiger partial charge in [-0.3, -0.25) is 5.43 Å². The Morgan fingerprint density at radius 1 is 1.19 bits per heavy atom. The Bertz CT molecular complexity index is 907. The predicted octanol–water partition coefficient (Wildman–Crippen LogP) is 6.01. The smallest absolute Gasteiger partial charge is 0.204 e. The molecule has 26 heavy (non-hydrogen) atoms. The van der Waals surface area contributed by atoms with Gasteiger partial charge in [-0.2, -0.15) is 5.10 Å². The van der Waals surface area contributed by atoms with E-state index in [1.807, 2.05) is 50.2 Å². The summed E-state index contributed by atoms with van der Waals surface area (Å²) in [5.74, 6) is 0.676. The fourth-order valence-corrected chi connectivity index (χ4v) is 3.44. The van der Waals surface area contributed by atoms with Crippen molar-refractivity contribution in [3.8, 4) is 17.0 Å². The number of aryl methyl sites for hydroxylation is 1. The van der Waals surface area contributed by atoms with Crippen molar-refractivity contribution in [1.29, 1.82) is 0 Å². The third-order valence-electron chi connectivity index (χ3n) is 3.54. The molecule has 0 amide bonds. The van der Waals surface area contributed by atoms with Crippen LogP contribution in [0.5, 0.6) is 5.75 Å². The number of nitrogens with one attached hydrogen (secondary N) is 1. The van der Waals surface area contributed by atoms with Crippen LogP contribution in [0.4, 0.5) is 5.13 Å². The maximum Gasteiger partial charge on any atom is 0.204 e. The van der Waals surface area contributed by atoms with Crippen LogP contribution in [0.2, 0.25) is 5.02 Å². The highest BCUT2D eigenvalue weighted by molar-refractivity contribution is 7.15. The van der Waals surface area contributed by atoms with Crippen molar-refractivity contribution in [3.05, 3.63) is 64.0 Å². The SMILES string of the molecule is Cc1sc(N/N=C\c2ccc(OC(C)C)c(Cl)c2)nc1-c1ccccc1. The third kappa shape index (κ3) is 4.62. The monoisotopic (exact) mass is 385 g/mol. The Kier molecular flexibility index (Phi) is 5.91. The molecule has 3 aromatic rings. The minimum Gasteiger partial charge on any atom is -0.489 e. The molecule has 0 aliphatic heterocycles. The molecule has 0 aliphatic rings. The molecule has 0 aliphatic carbocycles. The highest BCUT2D eigenvalue weighted by Crippen LogP contribution is 2.30. The number of hydrogen-bond acceptors (Lipinski definition) is 5. The molecule has 4 nitrogen and oxygen atoms in total. The summed E-state index contributed by atoms with van der Waals surface area (Å²) in [5, 5.41) is 5.59. The van der Waals surface area contributed by atoms with Gasteiger partial charge in [-0.05, 0) is 44.5 Å². The summed E-state index contributed by atoms with van der Waals surface area (Å²) >= 11 is 7.82. The van der Waals surface area contributed by atoms with Gasteiger partial charge < -0.3 is 4.74 Å². The molecular formula is C20H20ClN3OS. The second kappa shape index (κ2) is 8.34. The number of nitrogens with zero attached hydrogens (tertiary/aromatic N) is 2. The van der Waals surface area contributed by atoms with Gasteiger partial charge in [-0.25, -0.2) is 4.98 Å². The molecule has 0 spiro atoms. The number of hydrogen-bond donors (Lipinski definition) is 1. The number of hydrazone groups is 1. The number of thiazole rings is 1. The Labute approximate surface area is 162 Å². The van der Waals surface area contributed by atoms with E-state index >= 15 is 0 Å². The lowest BCUT2D eigenvalue weighted by Crippen LogP contribution is -2.05. The van der Waals surface area contributed by atoms with Crippen LogP contribution in [-0.2, 0) is 0 Å². The first kappa shape index (κ1) is 18.4. The number of benzene rings is 2. The van der Waals surface area contributed by atoms with Crippen molar-refractivity contribution in [3.63, 3.8) is 0 Å². The van der Waals surface area contributed by atoms with Crippen molar-refractivity contribution in [1.82, 2.24) is 4.98 Å². The molecule has 1 heterocycles. The Morgan fingerprint density at radius 2 is 1.96 bits per heavy atom. The Morgan fingerprint density at radius 3 is 2.65 bits per heavy atom. The first-order valence-electron chi connectivity index (χ1n) is 8.31. The summed E-state index contributed by atoms with van der Waals surface area (Å²) in [4.78, 5) is 5.77. The summed E-state index contributed by atoms with van der Waals surface area (Å²) in [6, 6.07) is 15.7. The van der Waals surface area contributed by atoms with Gasteiger partial charge in [0.05, 0.1) is 23.0 Å². The third-order valence-corrected chi connectivity index (χ3v) is 4.71. The van der Waals surface area contributed by atoms with E-state index in [1.54, 1.807) is 17.6 Å². The Balaban J connectivity index is 1.69. The number of rotatable bonds is 6. The van der Waals surface area contributed by atoms with Gasteiger partial charge in [0.1, 0.15) is 5.75 Å². The van der Waals surface area contributed by atoms with Gasteiger partial charge in [-0.1, -0.05) is 41.9 Å². The molecule has 2 aromatic carbocycles. The maximum atomic E-state index is 6.24. The van der Waals surface area contributed by atoms with Crippen LogP contribution in [0, 0.1) is 6.92 Å². The zero-order chi connectivity index (χ0) is 18.5. The number of aromatic nitrogens is 1. The zero-order valence-corrected chi connectivity index (χ0v) is 16.4. The van der Waals surface area contributed by atoms with E-state index in [2.05, 4.69) is 34.6 Å². The molecule has 0 fully saturated rings. The normalized spacial score (nSPS) is 11.3. The topological polar surface area (TPSA) is 46.5 Å². The van der Waals surface area contributed by atoms with Crippen molar-refractivity contribution in [2.45, 2.75) is 26.9 Å². The van der Waals surface area contributed by atoms with Crippen LogP contribution in [0.25, 0.3) is 11.3 Å². The van der Waals surface area contributed by atoms with Gasteiger partial charge in [0, 0.05) is 10.4 Å². The largest absolute Gasteiger partial charge is 0.489 e. The van der Waals surface area contributed by atoms with Crippen LogP contribution < -0.4 is 10.2 Å². The van der Waals surface area contributed by atoms with Crippen LogP contribution in [-0.4, -0.2) is 17.3 Å². The molecule has 0 atom stereocenters. The minimum atomic E-state index is 0.0839. The molecule has 0 saturated heterocycles. The number of ether oxygens (including phenoxy) is 1. The zero-order valence-electron chi connectivity index (χ0n) is 14.9. The molecule has 0 unspecified atom stereocenters. The molecular weight excluding hydrogens is 366 g/mol. The molecule has 0 radical (unpaired) electrons. The fraction of sp³-hybridized carbons (Fsp3) is 0.200. The summed E-state index contributed by atoms with van der Waals surface area (Å²) in [5.41, 5.74) is 5.96.